The number of aromatic nitrogens is 3. The van der Waals surface area contributed by atoms with E-state index in [1.807, 2.05) is 72.0 Å². The second kappa shape index (κ2) is 10.5. The Bertz CT molecular complexity index is 2480. The standard InChI is InChI=1S/C41H25N3S/c1-3-13-26(14-4-1)39-42-40(27-15-5-2-6-16-27)44-41(43-39)34-21-10-8-18-30(34)35-25-28-23-24-33-31-19-11-12-22-36(31)45-38(33)37(28)32-20-9-7-17-29(32)35/h1-25H. The first-order chi connectivity index (χ1) is 22.3. The Hall–Kier alpha value is -5.71. The molecule has 0 amide bonds. The Morgan fingerprint density at radius 1 is 0.378 bits per heavy atom. The van der Waals surface area contributed by atoms with Gasteiger partial charge in [-0.2, -0.15) is 0 Å². The fraction of sp³-hybridized carbons (Fsp3) is 0. The first kappa shape index (κ1) is 25.8. The highest BCUT2D eigenvalue weighted by atomic mass is 32.1. The van der Waals surface area contributed by atoms with Crippen LogP contribution in [0.25, 0.3) is 87.0 Å². The van der Waals surface area contributed by atoms with Gasteiger partial charge in [-0.05, 0) is 39.4 Å². The maximum absolute atomic E-state index is 5.07. The molecule has 0 aliphatic carbocycles. The molecule has 0 saturated carbocycles. The molecular formula is C41H25N3S. The van der Waals surface area contributed by atoms with Crippen molar-refractivity contribution in [2.75, 3.05) is 0 Å². The molecule has 0 fully saturated rings. The predicted octanol–water partition coefficient (Wildman–Crippen LogP) is 11.2. The topological polar surface area (TPSA) is 38.7 Å². The van der Waals surface area contributed by atoms with Gasteiger partial charge in [0, 0.05) is 42.2 Å². The number of benzene rings is 7. The van der Waals surface area contributed by atoms with Crippen LogP contribution in [0.2, 0.25) is 0 Å². The summed E-state index contributed by atoms with van der Waals surface area (Å²) in [5.74, 6) is 1.97. The zero-order chi connectivity index (χ0) is 29.7. The highest BCUT2D eigenvalue weighted by Crippen LogP contribution is 2.44. The highest BCUT2D eigenvalue weighted by molar-refractivity contribution is 7.26. The van der Waals surface area contributed by atoms with E-state index in [9.17, 15) is 0 Å². The minimum atomic E-state index is 0.655. The van der Waals surface area contributed by atoms with Gasteiger partial charge in [0.15, 0.2) is 17.5 Å². The predicted molar refractivity (Wildman–Crippen MR) is 189 cm³/mol. The summed E-state index contributed by atoms with van der Waals surface area (Å²) in [4.78, 5) is 15.1. The lowest BCUT2D eigenvalue weighted by atomic mass is 9.90. The Labute approximate surface area is 264 Å². The first-order valence-electron chi connectivity index (χ1n) is 15.0. The lowest BCUT2D eigenvalue weighted by Crippen LogP contribution is -2.01. The summed E-state index contributed by atoms with van der Waals surface area (Å²) in [5.41, 5.74) is 5.15. The quantitative estimate of drug-likeness (QED) is 0.191. The number of nitrogens with zero attached hydrogens (tertiary/aromatic N) is 3. The first-order valence-corrected chi connectivity index (χ1v) is 15.9. The van der Waals surface area contributed by atoms with E-state index < -0.39 is 0 Å². The number of hydrogen-bond donors (Lipinski definition) is 0. The lowest BCUT2D eigenvalue weighted by Gasteiger charge is -2.15. The van der Waals surface area contributed by atoms with Crippen LogP contribution in [0, 0.1) is 0 Å². The molecule has 210 valence electrons. The van der Waals surface area contributed by atoms with Crippen LogP contribution >= 0.6 is 11.3 Å². The Kier molecular flexibility index (Phi) is 6.00. The van der Waals surface area contributed by atoms with Gasteiger partial charge in [0.25, 0.3) is 0 Å². The van der Waals surface area contributed by atoms with Gasteiger partial charge in [0.05, 0.1) is 0 Å². The average molecular weight is 592 g/mol. The Morgan fingerprint density at radius 3 is 1.64 bits per heavy atom. The molecule has 0 atom stereocenters. The molecule has 0 aliphatic rings. The van der Waals surface area contributed by atoms with Crippen LogP contribution in [-0.4, -0.2) is 15.0 Å². The van der Waals surface area contributed by atoms with Crippen LogP contribution in [0.4, 0.5) is 0 Å². The van der Waals surface area contributed by atoms with Gasteiger partial charge in [-0.3, -0.25) is 0 Å². The van der Waals surface area contributed by atoms with Crippen molar-refractivity contribution in [1.82, 2.24) is 15.0 Å². The fourth-order valence-electron chi connectivity index (χ4n) is 6.44. The average Bonchev–Trinajstić information content (AvgIpc) is 3.50. The van der Waals surface area contributed by atoms with Gasteiger partial charge in [-0.15, -0.1) is 11.3 Å². The molecule has 0 N–H and O–H groups in total. The Balaban J connectivity index is 1.31. The monoisotopic (exact) mass is 591 g/mol. The molecule has 4 heteroatoms. The van der Waals surface area contributed by atoms with Crippen molar-refractivity contribution in [1.29, 1.82) is 0 Å². The van der Waals surface area contributed by atoms with Gasteiger partial charge < -0.3 is 0 Å². The minimum absolute atomic E-state index is 0.655. The summed E-state index contributed by atoms with van der Waals surface area (Å²) in [6.45, 7) is 0. The molecule has 7 aromatic carbocycles. The van der Waals surface area contributed by atoms with E-state index >= 15 is 0 Å². The normalized spacial score (nSPS) is 11.6. The van der Waals surface area contributed by atoms with Gasteiger partial charge in [0.1, 0.15) is 0 Å². The molecule has 2 heterocycles. The van der Waals surface area contributed by atoms with E-state index in [1.54, 1.807) is 0 Å². The molecule has 0 unspecified atom stereocenters. The van der Waals surface area contributed by atoms with Crippen molar-refractivity contribution in [3.63, 3.8) is 0 Å². The van der Waals surface area contributed by atoms with Crippen molar-refractivity contribution >= 4 is 53.1 Å². The smallest absolute Gasteiger partial charge is 0.164 e. The van der Waals surface area contributed by atoms with Gasteiger partial charge >= 0.3 is 0 Å². The summed E-state index contributed by atoms with van der Waals surface area (Å²) < 4.78 is 2.65. The molecule has 0 radical (unpaired) electrons. The van der Waals surface area contributed by atoms with E-state index in [2.05, 4.69) is 91.0 Å². The van der Waals surface area contributed by atoms with Crippen molar-refractivity contribution in [3.8, 4) is 45.3 Å². The number of hydrogen-bond acceptors (Lipinski definition) is 4. The third-order valence-corrected chi connectivity index (χ3v) is 9.73. The van der Waals surface area contributed by atoms with E-state index in [1.165, 1.54) is 41.7 Å². The molecule has 0 saturated heterocycles. The number of thiophene rings is 1. The summed E-state index contributed by atoms with van der Waals surface area (Å²) in [5, 5.41) is 7.63. The molecule has 9 aromatic rings. The van der Waals surface area contributed by atoms with Crippen LogP contribution < -0.4 is 0 Å². The SMILES string of the molecule is c1ccc(-c2nc(-c3ccccc3)nc(-c3ccccc3-c3cc4ccc5c6ccccc6sc5c4c4ccccc34)n2)cc1. The van der Waals surface area contributed by atoms with Gasteiger partial charge in [0.2, 0.25) is 0 Å². The molecule has 45 heavy (non-hydrogen) atoms. The highest BCUT2D eigenvalue weighted by Gasteiger charge is 2.19. The van der Waals surface area contributed by atoms with E-state index in [-0.39, 0.29) is 0 Å². The maximum atomic E-state index is 5.07. The maximum Gasteiger partial charge on any atom is 0.164 e. The van der Waals surface area contributed by atoms with E-state index in [4.69, 9.17) is 15.0 Å². The zero-order valence-electron chi connectivity index (χ0n) is 24.2. The molecule has 9 rings (SSSR count). The summed E-state index contributed by atoms with van der Waals surface area (Å²) in [6, 6.07) is 53.2. The van der Waals surface area contributed by atoms with Crippen LogP contribution in [0.15, 0.2) is 152 Å². The van der Waals surface area contributed by atoms with Gasteiger partial charge in [-0.25, -0.2) is 15.0 Å². The van der Waals surface area contributed by atoms with Crippen LogP contribution in [0.5, 0.6) is 0 Å². The Morgan fingerprint density at radius 2 is 0.933 bits per heavy atom. The van der Waals surface area contributed by atoms with Gasteiger partial charge in [-0.1, -0.05) is 140 Å². The van der Waals surface area contributed by atoms with E-state index in [0.29, 0.717) is 17.5 Å². The molecule has 2 aromatic heterocycles. The third-order valence-electron chi connectivity index (χ3n) is 8.52. The lowest BCUT2D eigenvalue weighted by molar-refractivity contribution is 1.07. The zero-order valence-corrected chi connectivity index (χ0v) is 25.0. The van der Waals surface area contributed by atoms with Crippen LogP contribution in [-0.2, 0) is 0 Å². The van der Waals surface area contributed by atoms with Crippen molar-refractivity contribution in [2.24, 2.45) is 0 Å². The van der Waals surface area contributed by atoms with Crippen molar-refractivity contribution < 1.29 is 0 Å². The molecule has 0 aliphatic heterocycles. The third kappa shape index (κ3) is 4.30. The van der Waals surface area contributed by atoms with E-state index in [0.717, 1.165) is 27.8 Å². The second-order valence-corrected chi connectivity index (χ2v) is 12.2. The fourth-order valence-corrected chi connectivity index (χ4v) is 7.71. The molecule has 3 nitrogen and oxygen atoms in total. The molecule has 0 spiro atoms. The summed E-state index contributed by atoms with van der Waals surface area (Å²) in [6.07, 6.45) is 0. The largest absolute Gasteiger partial charge is 0.208 e. The van der Waals surface area contributed by atoms with Crippen LogP contribution in [0.3, 0.4) is 0 Å². The van der Waals surface area contributed by atoms with Crippen molar-refractivity contribution in [2.45, 2.75) is 0 Å². The van der Waals surface area contributed by atoms with Crippen LogP contribution in [0.1, 0.15) is 0 Å². The summed E-state index contributed by atoms with van der Waals surface area (Å²) in [7, 11) is 0. The van der Waals surface area contributed by atoms with Crippen molar-refractivity contribution in [3.05, 3.63) is 152 Å². The minimum Gasteiger partial charge on any atom is -0.208 e. The number of fused-ring (bicyclic) bond motifs is 7. The second-order valence-electron chi connectivity index (χ2n) is 11.2. The molecule has 0 bridgehead atoms. The summed E-state index contributed by atoms with van der Waals surface area (Å²) >= 11 is 1.88. The molecular weight excluding hydrogens is 567 g/mol. The number of rotatable bonds is 4.